The number of nitrogens with zero attached hydrogens (tertiary/aromatic N) is 3. The fourth-order valence-corrected chi connectivity index (χ4v) is 2.63. The topological polar surface area (TPSA) is 59.8 Å². The highest BCUT2D eigenvalue weighted by molar-refractivity contribution is 5.95. The minimum atomic E-state index is -4.48. The van der Waals surface area contributed by atoms with E-state index in [0.717, 1.165) is 6.07 Å². The highest BCUT2D eigenvalue weighted by atomic mass is 19.4. The lowest BCUT2D eigenvalue weighted by molar-refractivity contribution is -0.138. The number of alkyl halides is 3. The Balaban J connectivity index is 1.82. The van der Waals surface area contributed by atoms with Crippen molar-refractivity contribution in [3.05, 3.63) is 77.9 Å². The van der Waals surface area contributed by atoms with Crippen molar-refractivity contribution in [2.75, 3.05) is 0 Å². The van der Waals surface area contributed by atoms with Crippen LogP contribution in [0, 0.1) is 0 Å². The third-order valence-corrected chi connectivity index (χ3v) is 3.91. The molecule has 1 N–H and O–H groups in total. The first kappa shape index (κ1) is 17.7. The highest BCUT2D eigenvalue weighted by Gasteiger charge is 2.34. The smallest absolute Gasteiger partial charge is 0.346 e. The van der Waals surface area contributed by atoms with Crippen molar-refractivity contribution in [3.63, 3.8) is 0 Å². The molecule has 8 heteroatoms. The van der Waals surface area contributed by atoms with Crippen LogP contribution in [0.2, 0.25) is 0 Å². The van der Waals surface area contributed by atoms with E-state index < -0.39 is 23.7 Å². The molecule has 1 heterocycles. The minimum Gasteiger partial charge on any atom is -0.346 e. The Bertz CT molecular complexity index is 907. The van der Waals surface area contributed by atoms with Gasteiger partial charge in [-0.25, -0.2) is 0 Å². The molecule has 1 atom stereocenters. The Morgan fingerprint density at radius 3 is 2.46 bits per heavy atom. The number of carbonyl (C=O) groups excluding carboxylic acids is 1. The van der Waals surface area contributed by atoms with Crippen molar-refractivity contribution in [3.8, 4) is 5.69 Å². The maximum atomic E-state index is 13.2. The first-order valence-corrected chi connectivity index (χ1v) is 7.78. The third-order valence-electron chi connectivity index (χ3n) is 3.91. The summed E-state index contributed by atoms with van der Waals surface area (Å²) >= 11 is 0. The van der Waals surface area contributed by atoms with Crippen molar-refractivity contribution in [1.82, 2.24) is 20.1 Å². The molecule has 1 amide bonds. The lowest BCUT2D eigenvalue weighted by Gasteiger charge is -2.19. The maximum Gasteiger partial charge on any atom is 0.416 e. The Hall–Kier alpha value is -3.16. The molecule has 3 rings (SSSR count). The summed E-state index contributed by atoms with van der Waals surface area (Å²) in [6.45, 7) is 1.52. The molecule has 0 fully saturated rings. The summed E-state index contributed by atoms with van der Waals surface area (Å²) in [5.41, 5.74) is 0.257. The van der Waals surface area contributed by atoms with Gasteiger partial charge in [0.25, 0.3) is 5.91 Å². The molecule has 134 valence electrons. The summed E-state index contributed by atoms with van der Waals surface area (Å²) < 4.78 is 41.1. The van der Waals surface area contributed by atoms with Gasteiger partial charge >= 0.3 is 6.18 Å². The van der Waals surface area contributed by atoms with E-state index in [1.54, 1.807) is 28.8 Å². The lowest BCUT2D eigenvalue weighted by Crippen LogP contribution is -2.28. The second-order valence-corrected chi connectivity index (χ2v) is 5.70. The van der Waals surface area contributed by atoms with Gasteiger partial charge in [0.05, 0.1) is 11.6 Å². The SMILES string of the molecule is C[C@@H](NC(=O)c1cccc(-n2cnnc2)c1)c1ccccc1C(F)(F)F. The zero-order chi connectivity index (χ0) is 18.7. The van der Waals surface area contributed by atoms with Crippen molar-refractivity contribution in [1.29, 1.82) is 0 Å². The van der Waals surface area contributed by atoms with Gasteiger partial charge in [0, 0.05) is 11.3 Å². The number of halogens is 3. The summed E-state index contributed by atoms with van der Waals surface area (Å²) in [4.78, 5) is 12.5. The second kappa shape index (κ2) is 6.99. The summed E-state index contributed by atoms with van der Waals surface area (Å²) in [5, 5.41) is 10.0. The van der Waals surface area contributed by atoms with E-state index in [4.69, 9.17) is 0 Å². The molecule has 3 aromatic rings. The number of amides is 1. The van der Waals surface area contributed by atoms with Gasteiger partial charge in [0.1, 0.15) is 12.7 Å². The zero-order valence-electron chi connectivity index (χ0n) is 13.7. The molecule has 2 aromatic carbocycles. The van der Waals surface area contributed by atoms with Crippen LogP contribution in [0.15, 0.2) is 61.2 Å². The van der Waals surface area contributed by atoms with Crippen molar-refractivity contribution in [2.24, 2.45) is 0 Å². The number of hydrogen-bond acceptors (Lipinski definition) is 3. The third kappa shape index (κ3) is 3.74. The Labute approximate surface area is 147 Å². The number of carbonyl (C=O) groups is 1. The van der Waals surface area contributed by atoms with Crippen LogP contribution in [0.1, 0.15) is 34.5 Å². The molecule has 0 bridgehead atoms. The van der Waals surface area contributed by atoms with E-state index >= 15 is 0 Å². The van der Waals surface area contributed by atoms with Crippen LogP contribution in [-0.2, 0) is 6.18 Å². The summed E-state index contributed by atoms with van der Waals surface area (Å²) in [5.74, 6) is -0.468. The maximum absolute atomic E-state index is 13.2. The van der Waals surface area contributed by atoms with Crippen molar-refractivity contribution < 1.29 is 18.0 Å². The number of benzene rings is 2. The molecule has 0 aliphatic carbocycles. The van der Waals surface area contributed by atoms with Crippen LogP contribution in [-0.4, -0.2) is 20.7 Å². The molecule has 0 aliphatic rings. The van der Waals surface area contributed by atoms with E-state index in [1.807, 2.05) is 0 Å². The van der Waals surface area contributed by atoms with E-state index in [9.17, 15) is 18.0 Å². The van der Waals surface area contributed by atoms with E-state index in [-0.39, 0.29) is 5.56 Å². The predicted octanol–water partition coefficient (Wildman–Crippen LogP) is 3.78. The summed E-state index contributed by atoms with van der Waals surface area (Å²) in [7, 11) is 0. The predicted molar refractivity (Wildman–Crippen MR) is 88.7 cm³/mol. The molecule has 1 aromatic heterocycles. The van der Waals surface area contributed by atoms with Gasteiger partial charge in [-0.3, -0.25) is 9.36 Å². The van der Waals surface area contributed by atoms with Crippen molar-refractivity contribution >= 4 is 5.91 Å². The van der Waals surface area contributed by atoms with Crippen LogP contribution in [0.25, 0.3) is 5.69 Å². The number of aromatic nitrogens is 3. The molecule has 5 nitrogen and oxygen atoms in total. The Morgan fingerprint density at radius 1 is 1.08 bits per heavy atom. The normalized spacial score (nSPS) is 12.6. The Kier molecular flexibility index (Phi) is 4.75. The summed E-state index contributed by atoms with van der Waals surface area (Å²) in [6, 6.07) is 11.0. The molecule has 0 aliphatic heterocycles. The van der Waals surface area contributed by atoms with E-state index in [2.05, 4.69) is 15.5 Å². The van der Waals surface area contributed by atoms with Gasteiger partial charge in [-0.1, -0.05) is 24.3 Å². The quantitative estimate of drug-likeness (QED) is 0.770. The number of hydrogen-bond donors (Lipinski definition) is 1. The summed E-state index contributed by atoms with van der Waals surface area (Å²) in [6.07, 6.45) is -1.51. The van der Waals surface area contributed by atoms with Gasteiger partial charge < -0.3 is 5.32 Å². The number of nitrogens with one attached hydrogen (secondary N) is 1. The first-order chi connectivity index (χ1) is 12.4. The standard InChI is InChI=1S/C18H15F3N4O/c1-12(15-7-2-3-8-16(15)18(19,20)21)24-17(26)13-5-4-6-14(9-13)25-10-22-23-11-25/h2-12H,1H3,(H,24,26)/t12-/m1/s1. The van der Waals surface area contributed by atoms with E-state index in [1.165, 1.54) is 37.8 Å². The molecular weight excluding hydrogens is 345 g/mol. The van der Waals surface area contributed by atoms with Gasteiger partial charge in [-0.2, -0.15) is 13.2 Å². The zero-order valence-corrected chi connectivity index (χ0v) is 13.7. The lowest BCUT2D eigenvalue weighted by atomic mass is 10.0. The van der Waals surface area contributed by atoms with Gasteiger partial charge in [0.15, 0.2) is 0 Å². The molecule has 0 radical (unpaired) electrons. The molecule has 0 saturated heterocycles. The van der Waals surface area contributed by atoms with Crippen LogP contribution in [0.4, 0.5) is 13.2 Å². The highest BCUT2D eigenvalue weighted by Crippen LogP contribution is 2.34. The van der Waals surface area contributed by atoms with Gasteiger partial charge in [0.2, 0.25) is 0 Å². The fourth-order valence-electron chi connectivity index (χ4n) is 2.63. The average molecular weight is 360 g/mol. The minimum absolute atomic E-state index is 0.0170. The monoisotopic (exact) mass is 360 g/mol. The molecule has 0 unspecified atom stereocenters. The van der Waals surface area contributed by atoms with Gasteiger partial charge in [-0.15, -0.1) is 10.2 Å². The van der Waals surface area contributed by atoms with Crippen LogP contribution in [0.5, 0.6) is 0 Å². The average Bonchev–Trinajstić information content (AvgIpc) is 3.16. The molecular formula is C18H15F3N4O. The first-order valence-electron chi connectivity index (χ1n) is 7.78. The molecule has 0 saturated carbocycles. The van der Waals surface area contributed by atoms with Crippen LogP contribution < -0.4 is 5.32 Å². The van der Waals surface area contributed by atoms with E-state index in [0.29, 0.717) is 11.3 Å². The molecule has 26 heavy (non-hydrogen) atoms. The second-order valence-electron chi connectivity index (χ2n) is 5.70. The van der Waals surface area contributed by atoms with Crippen LogP contribution >= 0.6 is 0 Å². The largest absolute Gasteiger partial charge is 0.416 e. The molecule has 0 spiro atoms. The van der Waals surface area contributed by atoms with Crippen LogP contribution in [0.3, 0.4) is 0 Å². The van der Waals surface area contributed by atoms with Gasteiger partial charge in [-0.05, 0) is 36.8 Å². The van der Waals surface area contributed by atoms with Crippen molar-refractivity contribution in [2.45, 2.75) is 19.1 Å². The fraction of sp³-hybridized carbons (Fsp3) is 0.167. The number of rotatable bonds is 4. The Morgan fingerprint density at radius 2 is 1.77 bits per heavy atom.